The van der Waals surface area contributed by atoms with Crippen molar-refractivity contribution in [2.45, 2.75) is 103 Å². The number of likely N-dealkylation sites (tertiary alicyclic amines) is 1. The molecule has 4 heterocycles. The molecule has 230 valence electrons. The molecule has 0 aliphatic carbocycles. The van der Waals surface area contributed by atoms with Gasteiger partial charge >= 0.3 is 5.97 Å². The fourth-order valence-electron chi connectivity index (χ4n) is 6.25. The molecule has 1 fully saturated rings. The van der Waals surface area contributed by atoms with E-state index < -0.39 is 17.3 Å². The molecular formula is C34H48FN3O4. The van der Waals surface area contributed by atoms with Crippen LogP contribution in [0.15, 0.2) is 30.3 Å². The third-order valence-electron chi connectivity index (χ3n) is 8.63. The van der Waals surface area contributed by atoms with E-state index in [2.05, 4.69) is 22.3 Å². The van der Waals surface area contributed by atoms with Crippen LogP contribution in [0.2, 0.25) is 0 Å². The van der Waals surface area contributed by atoms with E-state index in [0.717, 1.165) is 73.6 Å². The Kier molecular flexibility index (Phi) is 9.43. The Morgan fingerprint density at radius 1 is 1.19 bits per heavy atom. The third kappa shape index (κ3) is 7.62. The average Bonchev–Trinajstić information content (AvgIpc) is 3.39. The quantitative estimate of drug-likeness (QED) is 0.263. The molecule has 1 N–H and O–H groups in total. The van der Waals surface area contributed by atoms with Crippen LogP contribution in [0, 0.1) is 5.92 Å². The molecule has 0 amide bonds. The van der Waals surface area contributed by atoms with Crippen LogP contribution in [-0.4, -0.2) is 66.1 Å². The van der Waals surface area contributed by atoms with E-state index in [1.54, 1.807) is 13.8 Å². The first kappa shape index (κ1) is 30.7. The topological polar surface area (TPSA) is 72.9 Å². The molecule has 1 aromatic heterocycles. The molecule has 1 saturated heterocycles. The number of halogens is 1. The number of fused-ring (bicyclic) bond motifs is 2. The van der Waals surface area contributed by atoms with Gasteiger partial charge in [0.25, 0.3) is 0 Å². The minimum absolute atomic E-state index is 0.0503. The molecule has 5 rings (SSSR count). The smallest absolute Gasteiger partial charge is 0.328 e. The van der Waals surface area contributed by atoms with Crippen LogP contribution in [0.5, 0.6) is 5.75 Å². The molecule has 2 aromatic rings. The summed E-state index contributed by atoms with van der Waals surface area (Å²) in [5, 5.41) is 3.42. The Hall–Kier alpha value is -2.71. The van der Waals surface area contributed by atoms with Crippen molar-refractivity contribution in [1.82, 2.24) is 9.88 Å². The van der Waals surface area contributed by atoms with Gasteiger partial charge in [0.15, 0.2) is 0 Å². The molecule has 0 bridgehead atoms. The fourth-order valence-corrected chi connectivity index (χ4v) is 6.25. The fraction of sp³-hybridized carbons (Fsp3) is 0.647. The first-order valence-electron chi connectivity index (χ1n) is 15.7. The highest BCUT2D eigenvalue weighted by molar-refractivity contribution is 5.79. The molecule has 3 unspecified atom stereocenters. The third-order valence-corrected chi connectivity index (χ3v) is 8.63. The number of aryl methyl sites for hydroxylation is 2. The number of aromatic nitrogens is 1. The van der Waals surface area contributed by atoms with Gasteiger partial charge in [0.05, 0.1) is 12.7 Å². The SMILES string of the molecule is CC(C)(C)OC(=O)C(c1cccc2c1CC(C(C)(C)F)CO2)N1CCC(OCCCCc2ccc3c(n2)NCCC3)C1. The first-order chi connectivity index (χ1) is 20.0. The number of unbranched alkanes of at least 4 members (excludes halogenated alkanes) is 1. The Bertz CT molecular complexity index is 1240. The van der Waals surface area contributed by atoms with Gasteiger partial charge in [-0.3, -0.25) is 4.90 Å². The van der Waals surface area contributed by atoms with Gasteiger partial charge < -0.3 is 19.5 Å². The number of ether oxygens (including phenoxy) is 3. The van der Waals surface area contributed by atoms with E-state index in [1.165, 1.54) is 12.0 Å². The number of carbonyl (C=O) groups excluding carboxylic acids is 1. The van der Waals surface area contributed by atoms with Crippen LogP contribution in [0.1, 0.15) is 88.7 Å². The standard InChI is InChI=1S/C34H48FN3O4/c1-33(2,3)42-32(39)30(27-12-8-13-29-28(27)20-24(22-41-29)34(4,5)35)38-18-16-26(21-38)40-19-7-6-11-25-15-14-23-10-9-17-36-31(23)37-25/h8,12-15,24,26,30H,6-7,9-11,16-22H2,1-5H3,(H,36,37). The lowest BCUT2D eigenvalue weighted by Crippen LogP contribution is -2.40. The maximum atomic E-state index is 15.0. The summed E-state index contributed by atoms with van der Waals surface area (Å²) in [5.74, 6) is 1.21. The number of alkyl halides is 1. The Labute approximate surface area is 250 Å². The summed E-state index contributed by atoms with van der Waals surface area (Å²) >= 11 is 0. The second-order valence-corrected chi connectivity index (χ2v) is 13.6. The number of pyridine rings is 1. The Morgan fingerprint density at radius 3 is 2.81 bits per heavy atom. The number of benzene rings is 1. The van der Waals surface area contributed by atoms with Gasteiger partial charge in [-0.05, 0) is 103 Å². The lowest BCUT2D eigenvalue weighted by Gasteiger charge is -2.36. The molecule has 0 radical (unpaired) electrons. The predicted octanol–water partition coefficient (Wildman–Crippen LogP) is 6.24. The van der Waals surface area contributed by atoms with Crippen molar-refractivity contribution in [3.05, 3.63) is 52.7 Å². The van der Waals surface area contributed by atoms with Crippen LogP contribution in [0.3, 0.4) is 0 Å². The summed E-state index contributed by atoms with van der Waals surface area (Å²) in [6.07, 6.45) is 6.62. The number of rotatable bonds is 10. The zero-order valence-electron chi connectivity index (χ0n) is 26.0. The van der Waals surface area contributed by atoms with E-state index >= 15 is 0 Å². The second-order valence-electron chi connectivity index (χ2n) is 13.6. The molecule has 42 heavy (non-hydrogen) atoms. The molecule has 3 aliphatic rings. The molecule has 0 spiro atoms. The monoisotopic (exact) mass is 581 g/mol. The van der Waals surface area contributed by atoms with Gasteiger partial charge in [-0.15, -0.1) is 0 Å². The predicted molar refractivity (Wildman–Crippen MR) is 163 cm³/mol. The van der Waals surface area contributed by atoms with Crippen molar-refractivity contribution in [3.8, 4) is 5.75 Å². The summed E-state index contributed by atoms with van der Waals surface area (Å²) < 4.78 is 33.2. The van der Waals surface area contributed by atoms with Crippen molar-refractivity contribution in [2.24, 2.45) is 5.92 Å². The zero-order chi connectivity index (χ0) is 29.9. The highest BCUT2D eigenvalue weighted by Gasteiger charge is 2.41. The van der Waals surface area contributed by atoms with Gasteiger partial charge in [-0.25, -0.2) is 14.2 Å². The van der Waals surface area contributed by atoms with Crippen LogP contribution in [-0.2, 0) is 33.5 Å². The van der Waals surface area contributed by atoms with Crippen molar-refractivity contribution in [2.75, 3.05) is 38.2 Å². The maximum absolute atomic E-state index is 15.0. The lowest BCUT2D eigenvalue weighted by molar-refractivity contribution is -0.161. The number of anilines is 1. The van der Waals surface area contributed by atoms with E-state index in [0.29, 0.717) is 26.2 Å². The molecule has 7 nitrogen and oxygen atoms in total. The summed E-state index contributed by atoms with van der Waals surface area (Å²) in [5.41, 5.74) is 2.20. The average molecular weight is 582 g/mol. The van der Waals surface area contributed by atoms with E-state index in [9.17, 15) is 9.18 Å². The number of nitrogens with one attached hydrogen (secondary N) is 1. The minimum atomic E-state index is -1.38. The molecule has 3 atom stereocenters. The maximum Gasteiger partial charge on any atom is 0.328 e. The zero-order valence-corrected chi connectivity index (χ0v) is 26.0. The van der Waals surface area contributed by atoms with Crippen LogP contribution in [0.25, 0.3) is 0 Å². The van der Waals surface area contributed by atoms with Crippen molar-refractivity contribution in [3.63, 3.8) is 0 Å². The van der Waals surface area contributed by atoms with Gasteiger partial charge in [-0.2, -0.15) is 0 Å². The number of nitrogens with zero attached hydrogens (tertiary/aromatic N) is 2. The molecule has 1 aromatic carbocycles. The van der Waals surface area contributed by atoms with E-state index in [4.69, 9.17) is 19.2 Å². The molecule has 3 aliphatic heterocycles. The molecule has 8 heteroatoms. The van der Waals surface area contributed by atoms with Crippen molar-refractivity contribution >= 4 is 11.8 Å². The lowest BCUT2D eigenvalue weighted by atomic mass is 9.82. The largest absolute Gasteiger partial charge is 0.493 e. The first-order valence-corrected chi connectivity index (χ1v) is 15.7. The minimum Gasteiger partial charge on any atom is -0.493 e. The highest BCUT2D eigenvalue weighted by atomic mass is 19.1. The van der Waals surface area contributed by atoms with Gasteiger partial charge in [0, 0.05) is 43.4 Å². The summed E-state index contributed by atoms with van der Waals surface area (Å²) in [6, 6.07) is 9.58. The summed E-state index contributed by atoms with van der Waals surface area (Å²) in [7, 11) is 0. The number of carbonyl (C=O) groups is 1. The van der Waals surface area contributed by atoms with Gasteiger partial charge in [-0.1, -0.05) is 18.2 Å². The summed E-state index contributed by atoms with van der Waals surface area (Å²) in [4.78, 5) is 20.7. The number of hydrogen-bond donors (Lipinski definition) is 1. The van der Waals surface area contributed by atoms with Crippen LogP contribution >= 0.6 is 0 Å². The second kappa shape index (κ2) is 12.9. The Morgan fingerprint density at radius 2 is 2.02 bits per heavy atom. The van der Waals surface area contributed by atoms with Gasteiger partial charge in [0.2, 0.25) is 0 Å². The number of esters is 1. The van der Waals surface area contributed by atoms with Gasteiger partial charge in [0.1, 0.15) is 28.9 Å². The Balaban J connectivity index is 1.21. The van der Waals surface area contributed by atoms with Crippen LogP contribution in [0.4, 0.5) is 10.2 Å². The normalized spacial score (nSPS) is 21.6. The number of hydrogen-bond acceptors (Lipinski definition) is 7. The van der Waals surface area contributed by atoms with Crippen molar-refractivity contribution in [1.29, 1.82) is 0 Å². The van der Waals surface area contributed by atoms with Crippen molar-refractivity contribution < 1.29 is 23.4 Å². The molecule has 0 saturated carbocycles. The summed E-state index contributed by atoms with van der Waals surface area (Å²) in [6.45, 7) is 12.2. The molecular weight excluding hydrogens is 533 g/mol. The van der Waals surface area contributed by atoms with Crippen LogP contribution < -0.4 is 10.1 Å². The van der Waals surface area contributed by atoms with E-state index in [-0.39, 0.29) is 18.0 Å². The highest BCUT2D eigenvalue weighted by Crippen LogP contribution is 2.40. The van der Waals surface area contributed by atoms with E-state index in [1.807, 2.05) is 39.0 Å².